The maximum absolute atomic E-state index is 13.4. The molecular formula is C22H24FN3O2. The number of H-pyrrole nitrogens is 1. The summed E-state index contributed by atoms with van der Waals surface area (Å²) in [6.07, 6.45) is 3.72. The number of aromatic amines is 1. The van der Waals surface area contributed by atoms with E-state index in [2.05, 4.69) is 9.88 Å². The van der Waals surface area contributed by atoms with Gasteiger partial charge in [-0.3, -0.25) is 14.5 Å². The summed E-state index contributed by atoms with van der Waals surface area (Å²) in [5.74, 6) is 0.175. The number of hydrogen-bond donors (Lipinski definition) is 1. The largest absolute Gasteiger partial charge is 0.364 e. The van der Waals surface area contributed by atoms with Crippen LogP contribution in [0.5, 0.6) is 0 Å². The van der Waals surface area contributed by atoms with Gasteiger partial charge in [0.2, 0.25) is 0 Å². The van der Waals surface area contributed by atoms with Gasteiger partial charge in [0.1, 0.15) is 11.4 Å². The van der Waals surface area contributed by atoms with Gasteiger partial charge in [0.25, 0.3) is 5.91 Å². The number of aromatic nitrogens is 1. The third kappa shape index (κ3) is 2.70. The van der Waals surface area contributed by atoms with E-state index in [-0.39, 0.29) is 40.7 Å². The predicted octanol–water partition coefficient (Wildman–Crippen LogP) is 2.52. The van der Waals surface area contributed by atoms with Crippen LogP contribution in [0.4, 0.5) is 4.39 Å². The number of carbonyl (C=O) groups is 1. The van der Waals surface area contributed by atoms with E-state index < -0.39 is 0 Å². The summed E-state index contributed by atoms with van der Waals surface area (Å²) >= 11 is 0. The van der Waals surface area contributed by atoms with Gasteiger partial charge in [0, 0.05) is 36.5 Å². The first-order valence-corrected chi connectivity index (χ1v) is 10.0. The molecule has 1 N–H and O–H groups in total. The molecule has 0 spiro atoms. The molecule has 2 aromatic rings. The number of fused-ring (bicyclic) bond motifs is 2. The van der Waals surface area contributed by atoms with Crippen LogP contribution in [-0.4, -0.2) is 52.4 Å². The minimum Gasteiger partial charge on any atom is -0.364 e. The van der Waals surface area contributed by atoms with E-state index in [9.17, 15) is 14.0 Å². The number of hydrogen-bond acceptors (Lipinski definition) is 3. The molecule has 0 unspecified atom stereocenters. The molecule has 1 amide bonds. The summed E-state index contributed by atoms with van der Waals surface area (Å²) in [7, 11) is 0. The van der Waals surface area contributed by atoms with E-state index >= 15 is 0 Å². The number of benzene rings is 1. The van der Waals surface area contributed by atoms with E-state index in [1.807, 2.05) is 17.0 Å². The second kappa shape index (κ2) is 6.55. The highest BCUT2D eigenvalue weighted by Crippen LogP contribution is 2.46. The molecule has 5 heterocycles. The molecular weight excluding hydrogens is 357 g/mol. The van der Waals surface area contributed by atoms with E-state index in [0.29, 0.717) is 12.5 Å². The average molecular weight is 381 g/mol. The van der Waals surface area contributed by atoms with Crippen molar-refractivity contribution in [1.82, 2.24) is 14.8 Å². The number of nitrogens with zero attached hydrogens (tertiary/aromatic N) is 2. The Morgan fingerprint density at radius 2 is 1.86 bits per heavy atom. The molecule has 4 fully saturated rings. The van der Waals surface area contributed by atoms with Crippen LogP contribution in [0.2, 0.25) is 0 Å². The van der Waals surface area contributed by atoms with E-state index in [0.717, 1.165) is 37.2 Å². The summed E-state index contributed by atoms with van der Waals surface area (Å²) in [5, 5.41) is 0. The first-order chi connectivity index (χ1) is 13.5. The van der Waals surface area contributed by atoms with Gasteiger partial charge < -0.3 is 9.88 Å². The summed E-state index contributed by atoms with van der Waals surface area (Å²) in [6, 6.07) is 8.51. The Morgan fingerprint density at radius 1 is 1.14 bits per heavy atom. The van der Waals surface area contributed by atoms with Crippen LogP contribution in [0.15, 0.2) is 41.3 Å². The van der Waals surface area contributed by atoms with Gasteiger partial charge in [-0.25, -0.2) is 4.39 Å². The lowest BCUT2D eigenvalue weighted by atomic mass is 9.75. The van der Waals surface area contributed by atoms with Crippen LogP contribution in [0, 0.1) is 18.7 Å². The van der Waals surface area contributed by atoms with Crippen LogP contribution in [0.3, 0.4) is 0 Å². The van der Waals surface area contributed by atoms with Gasteiger partial charge in [-0.2, -0.15) is 0 Å². The molecule has 5 nitrogen and oxygen atoms in total. The van der Waals surface area contributed by atoms with Crippen molar-refractivity contribution in [2.45, 2.75) is 37.8 Å². The maximum Gasteiger partial charge on any atom is 0.259 e. The van der Waals surface area contributed by atoms with Gasteiger partial charge in [-0.15, -0.1) is 0 Å². The van der Waals surface area contributed by atoms with E-state index in [1.54, 1.807) is 13.1 Å². The molecule has 2 bridgehead atoms. The summed E-state index contributed by atoms with van der Waals surface area (Å²) < 4.78 is 13.4. The molecule has 3 atom stereocenters. The number of piperidine rings is 3. The Hall–Kier alpha value is -2.47. The Labute approximate surface area is 163 Å². The number of aryl methyl sites for hydroxylation is 1. The average Bonchev–Trinajstić information content (AvgIpc) is 3.12. The lowest BCUT2D eigenvalue weighted by molar-refractivity contribution is -0.00346. The van der Waals surface area contributed by atoms with Crippen LogP contribution in [0.1, 0.15) is 40.4 Å². The fourth-order valence-corrected chi connectivity index (χ4v) is 5.55. The van der Waals surface area contributed by atoms with Crippen molar-refractivity contribution in [3.8, 4) is 0 Å². The van der Waals surface area contributed by atoms with Gasteiger partial charge >= 0.3 is 0 Å². The zero-order chi connectivity index (χ0) is 19.4. The van der Waals surface area contributed by atoms with Crippen molar-refractivity contribution in [3.63, 3.8) is 0 Å². The fourth-order valence-electron chi connectivity index (χ4n) is 5.55. The number of pyridine rings is 1. The maximum atomic E-state index is 13.4. The highest BCUT2D eigenvalue weighted by atomic mass is 19.1. The quantitative estimate of drug-likeness (QED) is 0.870. The lowest BCUT2D eigenvalue weighted by Gasteiger charge is -2.51. The third-order valence-corrected chi connectivity index (χ3v) is 6.84. The minimum absolute atomic E-state index is 0.116. The van der Waals surface area contributed by atoms with Crippen LogP contribution >= 0.6 is 0 Å². The van der Waals surface area contributed by atoms with Crippen LogP contribution in [-0.2, 0) is 0 Å². The number of nitrogens with one attached hydrogen (secondary N) is 1. The van der Waals surface area contributed by atoms with Gasteiger partial charge in [0.15, 0.2) is 5.43 Å². The van der Waals surface area contributed by atoms with E-state index in [4.69, 9.17) is 0 Å². The first-order valence-electron chi connectivity index (χ1n) is 10.0. The molecule has 28 heavy (non-hydrogen) atoms. The molecule has 4 aliphatic heterocycles. The number of halogens is 1. The standard InChI is InChI=1S/C22H24FN3O2/c1-13-10-19(27)17(11-24-13)22(28)26-12-18(14-2-4-16(23)5-3-14)21-20(26)15-6-8-25(21)9-7-15/h2-5,10-11,15,18,20-21H,6-9,12H2,1H3,(H,24,27)/t18-,20+,21+/m1/s1. The highest BCUT2D eigenvalue weighted by Gasteiger charge is 2.54. The van der Waals surface area contributed by atoms with E-state index in [1.165, 1.54) is 18.2 Å². The normalized spacial score (nSPS) is 31.1. The topological polar surface area (TPSA) is 56.4 Å². The van der Waals surface area contributed by atoms with Crippen molar-refractivity contribution in [2.24, 2.45) is 5.92 Å². The van der Waals surface area contributed by atoms with Gasteiger partial charge in [-0.1, -0.05) is 12.1 Å². The highest BCUT2D eigenvalue weighted by molar-refractivity contribution is 5.94. The predicted molar refractivity (Wildman–Crippen MR) is 104 cm³/mol. The monoisotopic (exact) mass is 381 g/mol. The van der Waals surface area contributed by atoms with Gasteiger partial charge in [-0.05, 0) is 56.5 Å². The zero-order valence-electron chi connectivity index (χ0n) is 15.9. The molecule has 1 aromatic carbocycles. The fraction of sp³-hybridized carbons (Fsp3) is 0.455. The Morgan fingerprint density at radius 3 is 2.54 bits per heavy atom. The number of likely N-dealkylation sites (tertiary alicyclic amines) is 1. The molecule has 0 radical (unpaired) electrons. The second-order valence-corrected chi connectivity index (χ2v) is 8.36. The SMILES string of the molecule is Cc1cc(=O)c(C(=O)N2C[C@H](c3ccc(F)cc3)[C@H]3[C@@H]2C2CCN3CC2)c[nH]1. The number of rotatable bonds is 2. The molecule has 146 valence electrons. The Bertz CT molecular complexity index is 962. The van der Waals surface area contributed by atoms with Crippen molar-refractivity contribution >= 4 is 5.91 Å². The van der Waals surface area contributed by atoms with Crippen molar-refractivity contribution in [2.75, 3.05) is 19.6 Å². The molecule has 6 heteroatoms. The minimum atomic E-state index is -0.247. The molecule has 4 saturated heterocycles. The third-order valence-electron chi connectivity index (χ3n) is 6.84. The smallest absolute Gasteiger partial charge is 0.259 e. The number of amides is 1. The first kappa shape index (κ1) is 17.6. The lowest BCUT2D eigenvalue weighted by Crippen LogP contribution is -2.60. The van der Waals surface area contributed by atoms with Crippen molar-refractivity contribution in [1.29, 1.82) is 0 Å². The molecule has 0 saturated carbocycles. The molecule has 0 aliphatic carbocycles. The molecule has 6 rings (SSSR count). The summed E-state index contributed by atoms with van der Waals surface area (Å²) in [6.45, 7) is 4.48. The summed E-state index contributed by atoms with van der Waals surface area (Å²) in [4.78, 5) is 33.2. The Kier molecular flexibility index (Phi) is 4.12. The van der Waals surface area contributed by atoms with Crippen molar-refractivity contribution < 1.29 is 9.18 Å². The van der Waals surface area contributed by atoms with Crippen LogP contribution < -0.4 is 5.43 Å². The Balaban J connectivity index is 1.54. The molecule has 1 aromatic heterocycles. The second-order valence-electron chi connectivity index (χ2n) is 8.36. The molecule has 4 aliphatic rings. The van der Waals surface area contributed by atoms with Gasteiger partial charge in [0.05, 0.1) is 6.04 Å². The van der Waals surface area contributed by atoms with Crippen molar-refractivity contribution in [3.05, 3.63) is 69.4 Å². The zero-order valence-corrected chi connectivity index (χ0v) is 15.9. The number of carbonyl (C=O) groups excluding carboxylic acids is 1. The van der Waals surface area contributed by atoms with Crippen LogP contribution in [0.25, 0.3) is 0 Å². The summed E-state index contributed by atoms with van der Waals surface area (Å²) in [5.41, 5.74) is 1.79.